The van der Waals surface area contributed by atoms with Gasteiger partial charge in [-0.05, 0) is 19.3 Å². The molecule has 1 fully saturated rings. The molecule has 4 nitrogen and oxygen atoms in total. The summed E-state index contributed by atoms with van der Waals surface area (Å²) >= 11 is 0. The fourth-order valence-corrected chi connectivity index (χ4v) is 1.28. The van der Waals surface area contributed by atoms with Crippen molar-refractivity contribution in [3.63, 3.8) is 0 Å². The molecule has 0 bridgehead atoms. The number of methoxy groups -OCH3 is 1. The molecular formula is C8H15NO3. The highest BCUT2D eigenvalue weighted by molar-refractivity contribution is 5.66. The summed E-state index contributed by atoms with van der Waals surface area (Å²) in [5.74, 6) is 0. The van der Waals surface area contributed by atoms with Crippen LogP contribution in [-0.4, -0.2) is 32.5 Å². The number of alkyl carbamates (subject to hydrolysis) is 1. The standard InChI is InChI=1S/C8H15NO3/c1-11-8(10)9-5-4-7-3-2-6-12-7/h7H,2-6H2,1H3,(H,9,10). The Morgan fingerprint density at radius 2 is 2.58 bits per heavy atom. The number of hydrogen-bond acceptors (Lipinski definition) is 3. The SMILES string of the molecule is COC(=O)NCCC1CCCO1. The van der Waals surface area contributed by atoms with Gasteiger partial charge in [0, 0.05) is 13.2 Å². The van der Waals surface area contributed by atoms with Crippen molar-refractivity contribution in [1.82, 2.24) is 5.32 Å². The zero-order chi connectivity index (χ0) is 8.81. The summed E-state index contributed by atoms with van der Waals surface area (Å²) in [6.45, 7) is 1.50. The van der Waals surface area contributed by atoms with Gasteiger partial charge in [-0.25, -0.2) is 4.79 Å². The van der Waals surface area contributed by atoms with Gasteiger partial charge in [-0.1, -0.05) is 0 Å². The normalized spacial score (nSPS) is 22.2. The third kappa shape index (κ3) is 3.09. The predicted molar refractivity (Wildman–Crippen MR) is 44.0 cm³/mol. The van der Waals surface area contributed by atoms with Gasteiger partial charge in [0.05, 0.1) is 13.2 Å². The molecule has 0 saturated carbocycles. The van der Waals surface area contributed by atoms with Crippen LogP contribution in [0.2, 0.25) is 0 Å². The van der Waals surface area contributed by atoms with E-state index in [2.05, 4.69) is 10.1 Å². The largest absolute Gasteiger partial charge is 0.453 e. The van der Waals surface area contributed by atoms with Crippen LogP contribution in [0.1, 0.15) is 19.3 Å². The van der Waals surface area contributed by atoms with Gasteiger partial charge >= 0.3 is 6.09 Å². The minimum Gasteiger partial charge on any atom is -0.453 e. The van der Waals surface area contributed by atoms with Crippen LogP contribution >= 0.6 is 0 Å². The van der Waals surface area contributed by atoms with Crippen molar-refractivity contribution < 1.29 is 14.3 Å². The zero-order valence-corrected chi connectivity index (χ0v) is 7.34. The molecule has 1 unspecified atom stereocenters. The third-order valence-corrected chi connectivity index (χ3v) is 1.95. The monoisotopic (exact) mass is 173 g/mol. The lowest BCUT2D eigenvalue weighted by molar-refractivity contribution is 0.103. The summed E-state index contributed by atoms with van der Waals surface area (Å²) < 4.78 is 9.80. The predicted octanol–water partition coefficient (Wildman–Crippen LogP) is 0.911. The summed E-state index contributed by atoms with van der Waals surface area (Å²) in [4.78, 5) is 10.6. The molecular weight excluding hydrogens is 158 g/mol. The molecule has 0 aliphatic carbocycles. The minimum absolute atomic E-state index is 0.335. The van der Waals surface area contributed by atoms with Crippen molar-refractivity contribution >= 4 is 6.09 Å². The molecule has 1 heterocycles. The molecule has 1 atom stereocenters. The molecule has 1 N–H and O–H groups in total. The smallest absolute Gasteiger partial charge is 0.406 e. The molecule has 0 aromatic carbocycles. The fourth-order valence-electron chi connectivity index (χ4n) is 1.28. The summed E-state index contributed by atoms with van der Waals surface area (Å²) in [6, 6.07) is 0. The van der Waals surface area contributed by atoms with Gasteiger partial charge in [-0.3, -0.25) is 0 Å². The molecule has 1 aliphatic rings. The molecule has 0 aromatic rings. The molecule has 0 radical (unpaired) electrons. The maximum absolute atomic E-state index is 10.6. The molecule has 1 aliphatic heterocycles. The van der Waals surface area contributed by atoms with E-state index in [4.69, 9.17) is 4.74 Å². The Bertz CT molecular complexity index is 143. The first-order chi connectivity index (χ1) is 5.83. The third-order valence-electron chi connectivity index (χ3n) is 1.95. The Labute approximate surface area is 72.2 Å². The number of hydrogen-bond donors (Lipinski definition) is 1. The van der Waals surface area contributed by atoms with E-state index in [9.17, 15) is 4.79 Å². The van der Waals surface area contributed by atoms with Crippen molar-refractivity contribution in [3.05, 3.63) is 0 Å². The average molecular weight is 173 g/mol. The minimum atomic E-state index is -0.368. The van der Waals surface area contributed by atoms with Crippen LogP contribution in [0.5, 0.6) is 0 Å². The Morgan fingerprint density at radius 1 is 1.75 bits per heavy atom. The van der Waals surface area contributed by atoms with Crippen LogP contribution in [0.25, 0.3) is 0 Å². The first-order valence-electron chi connectivity index (χ1n) is 4.26. The van der Waals surface area contributed by atoms with Crippen LogP contribution in [0.15, 0.2) is 0 Å². The lowest BCUT2D eigenvalue weighted by atomic mass is 10.2. The number of amides is 1. The number of carbonyl (C=O) groups excluding carboxylic acids is 1. The lowest BCUT2D eigenvalue weighted by Gasteiger charge is -2.08. The van der Waals surface area contributed by atoms with E-state index >= 15 is 0 Å². The average Bonchev–Trinajstić information content (AvgIpc) is 2.57. The van der Waals surface area contributed by atoms with Crippen LogP contribution in [0.4, 0.5) is 4.79 Å². The van der Waals surface area contributed by atoms with Crippen LogP contribution in [0.3, 0.4) is 0 Å². The highest BCUT2D eigenvalue weighted by atomic mass is 16.5. The molecule has 1 amide bonds. The van der Waals surface area contributed by atoms with Gasteiger partial charge in [0.2, 0.25) is 0 Å². The maximum Gasteiger partial charge on any atom is 0.406 e. The zero-order valence-electron chi connectivity index (χ0n) is 7.34. The van der Waals surface area contributed by atoms with Gasteiger partial charge in [0.1, 0.15) is 0 Å². The van der Waals surface area contributed by atoms with Crippen LogP contribution < -0.4 is 5.32 Å². The summed E-state index contributed by atoms with van der Waals surface area (Å²) in [5.41, 5.74) is 0. The van der Waals surface area contributed by atoms with E-state index in [1.807, 2.05) is 0 Å². The van der Waals surface area contributed by atoms with E-state index in [0.717, 1.165) is 25.9 Å². The van der Waals surface area contributed by atoms with E-state index in [0.29, 0.717) is 12.6 Å². The van der Waals surface area contributed by atoms with Crippen LogP contribution in [-0.2, 0) is 9.47 Å². The van der Waals surface area contributed by atoms with Crippen molar-refractivity contribution in [3.8, 4) is 0 Å². The Morgan fingerprint density at radius 3 is 3.17 bits per heavy atom. The number of carbonyl (C=O) groups is 1. The Balaban J connectivity index is 1.97. The fraction of sp³-hybridized carbons (Fsp3) is 0.875. The molecule has 0 spiro atoms. The first-order valence-corrected chi connectivity index (χ1v) is 4.26. The summed E-state index contributed by atoms with van der Waals surface area (Å²) in [7, 11) is 1.36. The van der Waals surface area contributed by atoms with Gasteiger partial charge < -0.3 is 14.8 Å². The van der Waals surface area contributed by atoms with Crippen molar-refractivity contribution in [2.45, 2.75) is 25.4 Å². The van der Waals surface area contributed by atoms with Gasteiger partial charge in [0.25, 0.3) is 0 Å². The lowest BCUT2D eigenvalue weighted by Crippen LogP contribution is -2.26. The maximum atomic E-state index is 10.6. The Kier molecular flexibility index (Phi) is 3.87. The van der Waals surface area contributed by atoms with Crippen LogP contribution in [0, 0.1) is 0 Å². The molecule has 1 saturated heterocycles. The van der Waals surface area contributed by atoms with Gasteiger partial charge in [0.15, 0.2) is 0 Å². The van der Waals surface area contributed by atoms with E-state index < -0.39 is 0 Å². The molecule has 70 valence electrons. The van der Waals surface area contributed by atoms with Crippen molar-refractivity contribution in [1.29, 1.82) is 0 Å². The first kappa shape index (κ1) is 9.32. The number of ether oxygens (including phenoxy) is 2. The molecule has 12 heavy (non-hydrogen) atoms. The highest BCUT2D eigenvalue weighted by Gasteiger charge is 2.14. The second kappa shape index (κ2) is 4.98. The van der Waals surface area contributed by atoms with Crippen molar-refractivity contribution in [2.24, 2.45) is 0 Å². The second-order valence-corrected chi connectivity index (χ2v) is 2.84. The highest BCUT2D eigenvalue weighted by Crippen LogP contribution is 2.14. The second-order valence-electron chi connectivity index (χ2n) is 2.84. The summed E-state index contributed by atoms with van der Waals surface area (Å²) in [6.07, 6.45) is 3.11. The molecule has 0 aromatic heterocycles. The van der Waals surface area contributed by atoms with E-state index in [1.165, 1.54) is 7.11 Å². The summed E-state index contributed by atoms with van der Waals surface area (Å²) in [5, 5.41) is 2.62. The van der Waals surface area contributed by atoms with E-state index in [1.54, 1.807) is 0 Å². The quantitative estimate of drug-likeness (QED) is 0.690. The van der Waals surface area contributed by atoms with E-state index in [-0.39, 0.29) is 6.09 Å². The van der Waals surface area contributed by atoms with Gasteiger partial charge in [-0.2, -0.15) is 0 Å². The topological polar surface area (TPSA) is 47.6 Å². The van der Waals surface area contributed by atoms with Gasteiger partial charge in [-0.15, -0.1) is 0 Å². The molecule has 1 rings (SSSR count). The number of rotatable bonds is 3. The Hall–Kier alpha value is -0.770. The molecule has 4 heteroatoms. The number of nitrogens with one attached hydrogen (secondary N) is 1. The van der Waals surface area contributed by atoms with Crippen molar-refractivity contribution in [2.75, 3.05) is 20.3 Å².